The average Bonchev–Trinajstić information content (AvgIpc) is 3.26. The van der Waals surface area contributed by atoms with Gasteiger partial charge in [0.15, 0.2) is 11.6 Å². The molecule has 0 bridgehead atoms. The molecule has 2 aromatic rings. The van der Waals surface area contributed by atoms with Crippen molar-refractivity contribution in [1.82, 2.24) is 15.1 Å². The van der Waals surface area contributed by atoms with E-state index in [0.29, 0.717) is 24.9 Å². The molecule has 2 aromatic heterocycles. The van der Waals surface area contributed by atoms with Gasteiger partial charge in [-0.1, -0.05) is 0 Å². The molecule has 0 unspecified atom stereocenters. The molecule has 4 heterocycles. The summed E-state index contributed by atoms with van der Waals surface area (Å²) < 4.78 is 5.22. The van der Waals surface area contributed by atoms with Crippen molar-refractivity contribution in [2.45, 2.75) is 32.2 Å². The lowest BCUT2D eigenvalue weighted by molar-refractivity contribution is -0.126. The number of aromatic nitrogens is 2. The minimum atomic E-state index is 0.0107. The van der Waals surface area contributed by atoms with Crippen LogP contribution in [0.15, 0.2) is 41.0 Å². The molecule has 2 fully saturated rings. The molecule has 0 aromatic carbocycles. The number of furan rings is 1. The summed E-state index contributed by atoms with van der Waals surface area (Å²) in [6.07, 6.45) is 8.61. The third-order valence-electron chi connectivity index (χ3n) is 5.58. The van der Waals surface area contributed by atoms with Gasteiger partial charge in [0.2, 0.25) is 5.91 Å². The molecule has 2 saturated heterocycles. The van der Waals surface area contributed by atoms with Crippen LogP contribution in [0.4, 0.5) is 11.6 Å². The van der Waals surface area contributed by atoms with E-state index in [-0.39, 0.29) is 5.91 Å². The van der Waals surface area contributed by atoms with Gasteiger partial charge in [-0.2, -0.15) is 0 Å². The van der Waals surface area contributed by atoms with Crippen LogP contribution in [0, 0.1) is 0 Å². The molecule has 0 aliphatic carbocycles. The summed E-state index contributed by atoms with van der Waals surface area (Å²) in [4.78, 5) is 18.7. The second kappa shape index (κ2) is 8.46. The summed E-state index contributed by atoms with van der Waals surface area (Å²) in [6, 6.07) is 8.29. The first-order valence-electron chi connectivity index (χ1n) is 10.1. The fourth-order valence-corrected chi connectivity index (χ4v) is 3.88. The molecule has 0 radical (unpaired) electrons. The molecule has 2 aliphatic rings. The molecule has 7 nitrogen and oxygen atoms in total. The quantitative estimate of drug-likeness (QED) is 0.759. The molecule has 4 rings (SSSR count). The maximum absolute atomic E-state index is 12.3. The first kappa shape index (κ1) is 18.5. The highest BCUT2D eigenvalue weighted by atomic mass is 16.3. The van der Waals surface area contributed by atoms with Gasteiger partial charge in [-0.15, -0.1) is 10.2 Å². The van der Waals surface area contributed by atoms with Crippen LogP contribution in [-0.4, -0.2) is 59.8 Å². The van der Waals surface area contributed by atoms with Gasteiger partial charge in [-0.25, -0.2) is 0 Å². The van der Waals surface area contributed by atoms with Crippen molar-refractivity contribution in [3.63, 3.8) is 0 Å². The number of hydrogen-bond acceptors (Lipinski definition) is 6. The van der Waals surface area contributed by atoms with Gasteiger partial charge in [0.1, 0.15) is 5.76 Å². The van der Waals surface area contributed by atoms with E-state index in [1.165, 1.54) is 19.3 Å². The average molecular weight is 381 g/mol. The van der Waals surface area contributed by atoms with Gasteiger partial charge in [0.05, 0.1) is 6.26 Å². The molecule has 0 saturated carbocycles. The van der Waals surface area contributed by atoms with Crippen molar-refractivity contribution < 1.29 is 9.21 Å². The number of carbonyl (C=O) groups excluding carboxylic acids is 1. The SMILES string of the molecule is C[C@H]1CCCCN1c1ccc(N2CCN(C(=O)/C=C/c3ccco3)CC2)nn1. The predicted molar refractivity (Wildman–Crippen MR) is 109 cm³/mol. The van der Waals surface area contributed by atoms with Crippen LogP contribution >= 0.6 is 0 Å². The normalized spacial score (nSPS) is 20.8. The summed E-state index contributed by atoms with van der Waals surface area (Å²) in [5.74, 6) is 2.54. The Hall–Kier alpha value is -2.83. The molecule has 28 heavy (non-hydrogen) atoms. The lowest BCUT2D eigenvalue weighted by Gasteiger charge is -2.36. The largest absolute Gasteiger partial charge is 0.465 e. The second-order valence-corrected chi connectivity index (χ2v) is 7.45. The smallest absolute Gasteiger partial charge is 0.246 e. The minimum Gasteiger partial charge on any atom is -0.465 e. The first-order valence-corrected chi connectivity index (χ1v) is 10.1. The van der Waals surface area contributed by atoms with E-state index in [4.69, 9.17) is 4.42 Å². The zero-order chi connectivity index (χ0) is 19.3. The van der Waals surface area contributed by atoms with E-state index >= 15 is 0 Å². The monoisotopic (exact) mass is 381 g/mol. The Labute approximate surface area is 165 Å². The van der Waals surface area contributed by atoms with Crippen molar-refractivity contribution in [2.75, 3.05) is 42.5 Å². The number of nitrogens with zero attached hydrogens (tertiary/aromatic N) is 5. The molecule has 2 aliphatic heterocycles. The summed E-state index contributed by atoms with van der Waals surface area (Å²) in [7, 11) is 0. The van der Waals surface area contributed by atoms with E-state index in [9.17, 15) is 4.79 Å². The molecule has 7 heteroatoms. The number of carbonyl (C=O) groups is 1. The van der Waals surface area contributed by atoms with Crippen molar-refractivity contribution >= 4 is 23.6 Å². The van der Waals surface area contributed by atoms with Crippen LogP contribution in [0.5, 0.6) is 0 Å². The van der Waals surface area contributed by atoms with E-state index < -0.39 is 0 Å². The highest BCUT2D eigenvalue weighted by Gasteiger charge is 2.23. The zero-order valence-electron chi connectivity index (χ0n) is 16.3. The van der Waals surface area contributed by atoms with Gasteiger partial charge in [-0.3, -0.25) is 4.79 Å². The third kappa shape index (κ3) is 4.18. The Bertz CT molecular complexity index is 795. The summed E-state index contributed by atoms with van der Waals surface area (Å²) >= 11 is 0. The number of amides is 1. The molecular weight excluding hydrogens is 354 g/mol. The fourth-order valence-electron chi connectivity index (χ4n) is 3.88. The van der Waals surface area contributed by atoms with Crippen molar-refractivity contribution in [2.24, 2.45) is 0 Å². The molecule has 148 valence electrons. The minimum absolute atomic E-state index is 0.0107. The summed E-state index contributed by atoms with van der Waals surface area (Å²) in [5, 5.41) is 8.93. The van der Waals surface area contributed by atoms with Crippen LogP contribution in [0.1, 0.15) is 31.9 Å². The fraction of sp³-hybridized carbons (Fsp3) is 0.476. The van der Waals surface area contributed by atoms with E-state index in [2.05, 4.69) is 39.1 Å². The molecule has 1 atom stereocenters. The van der Waals surface area contributed by atoms with E-state index in [0.717, 1.165) is 31.3 Å². The molecule has 1 amide bonds. The Kier molecular flexibility index (Phi) is 5.60. The summed E-state index contributed by atoms with van der Waals surface area (Å²) in [5.41, 5.74) is 0. The number of hydrogen-bond donors (Lipinski definition) is 0. The Morgan fingerprint density at radius 1 is 1.07 bits per heavy atom. The van der Waals surface area contributed by atoms with E-state index in [1.54, 1.807) is 24.5 Å². The van der Waals surface area contributed by atoms with Gasteiger partial charge in [-0.05, 0) is 56.5 Å². The third-order valence-corrected chi connectivity index (χ3v) is 5.58. The Balaban J connectivity index is 1.31. The second-order valence-electron chi connectivity index (χ2n) is 7.45. The number of piperidine rings is 1. The van der Waals surface area contributed by atoms with Crippen molar-refractivity contribution in [3.05, 3.63) is 42.4 Å². The zero-order valence-corrected chi connectivity index (χ0v) is 16.3. The Morgan fingerprint density at radius 2 is 1.86 bits per heavy atom. The molecular formula is C21H27N5O2. The van der Waals surface area contributed by atoms with Crippen molar-refractivity contribution in [3.8, 4) is 0 Å². The standard InChI is InChI=1S/C21H27N5O2/c1-17-5-2-3-11-26(17)20-9-8-19(22-23-20)24-12-14-25(15-13-24)21(27)10-7-18-6-4-16-28-18/h4,6-10,16-17H,2-3,5,11-15H2,1H3/b10-7+/t17-/m0/s1. The molecule has 0 N–H and O–H groups in total. The highest BCUT2D eigenvalue weighted by Crippen LogP contribution is 2.23. The summed E-state index contributed by atoms with van der Waals surface area (Å²) in [6.45, 7) is 6.18. The van der Waals surface area contributed by atoms with Gasteiger partial charge >= 0.3 is 0 Å². The Morgan fingerprint density at radius 3 is 2.54 bits per heavy atom. The lowest BCUT2D eigenvalue weighted by atomic mass is 10.0. The maximum atomic E-state index is 12.3. The van der Waals surface area contributed by atoms with Gasteiger partial charge in [0.25, 0.3) is 0 Å². The maximum Gasteiger partial charge on any atom is 0.246 e. The van der Waals surface area contributed by atoms with Crippen LogP contribution < -0.4 is 9.80 Å². The predicted octanol–water partition coefficient (Wildman–Crippen LogP) is 2.81. The van der Waals surface area contributed by atoms with Crippen molar-refractivity contribution in [1.29, 1.82) is 0 Å². The first-order chi connectivity index (χ1) is 13.7. The van der Waals surface area contributed by atoms with Crippen LogP contribution in [-0.2, 0) is 4.79 Å². The topological polar surface area (TPSA) is 65.7 Å². The van der Waals surface area contributed by atoms with Crippen LogP contribution in [0.3, 0.4) is 0 Å². The van der Waals surface area contributed by atoms with E-state index in [1.807, 2.05) is 11.0 Å². The van der Waals surface area contributed by atoms with Gasteiger partial charge < -0.3 is 19.1 Å². The highest BCUT2D eigenvalue weighted by molar-refractivity contribution is 5.91. The molecule has 0 spiro atoms. The number of piperazine rings is 1. The van der Waals surface area contributed by atoms with Gasteiger partial charge in [0, 0.05) is 44.8 Å². The number of anilines is 2. The number of rotatable bonds is 4. The lowest BCUT2D eigenvalue weighted by Crippen LogP contribution is -2.48. The van der Waals surface area contributed by atoms with Crippen LogP contribution in [0.2, 0.25) is 0 Å². The van der Waals surface area contributed by atoms with Crippen LogP contribution in [0.25, 0.3) is 6.08 Å².